The van der Waals surface area contributed by atoms with Crippen molar-refractivity contribution in [2.75, 3.05) is 19.6 Å². The first-order valence-corrected chi connectivity index (χ1v) is 6.87. The highest BCUT2D eigenvalue weighted by molar-refractivity contribution is 4.88. The fourth-order valence-corrected chi connectivity index (χ4v) is 4.13. The number of quaternary nitrogens is 1. The Morgan fingerprint density at radius 1 is 0.933 bits per heavy atom. The Morgan fingerprint density at radius 3 is 1.87 bits per heavy atom. The highest BCUT2D eigenvalue weighted by Crippen LogP contribution is 2.48. The van der Waals surface area contributed by atoms with Crippen molar-refractivity contribution in [3.63, 3.8) is 0 Å². The first kappa shape index (κ1) is 11.4. The van der Waals surface area contributed by atoms with Crippen LogP contribution in [0.1, 0.15) is 53.4 Å². The summed E-state index contributed by atoms with van der Waals surface area (Å²) in [6, 6.07) is 0.837. The molecule has 2 aliphatic rings. The molecule has 2 aliphatic heterocycles. The molecule has 0 spiro atoms. The summed E-state index contributed by atoms with van der Waals surface area (Å²) in [5, 5.41) is 0. The van der Waals surface area contributed by atoms with Gasteiger partial charge >= 0.3 is 0 Å². The summed E-state index contributed by atoms with van der Waals surface area (Å²) < 4.78 is 1.43. The summed E-state index contributed by atoms with van der Waals surface area (Å²) in [5.74, 6) is 0.884. The third-order valence-electron chi connectivity index (χ3n) is 5.51. The van der Waals surface area contributed by atoms with Crippen LogP contribution in [-0.2, 0) is 0 Å². The van der Waals surface area contributed by atoms with E-state index in [0.29, 0.717) is 5.41 Å². The highest BCUT2D eigenvalue weighted by Gasteiger charge is 2.50. The van der Waals surface area contributed by atoms with Gasteiger partial charge in [0.2, 0.25) is 0 Å². The van der Waals surface area contributed by atoms with Gasteiger partial charge in [-0.3, -0.25) is 0 Å². The van der Waals surface area contributed by atoms with Gasteiger partial charge in [-0.05, 0) is 45.4 Å². The molecule has 0 aromatic carbocycles. The molecule has 0 aliphatic carbocycles. The number of piperidine rings is 2. The van der Waals surface area contributed by atoms with Crippen LogP contribution >= 0.6 is 0 Å². The summed E-state index contributed by atoms with van der Waals surface area (Å²) in [5.41, 5.74) is 0.695. The van der Waals surface area contributed by atoms with E-state index in [-0.39, 0.29) is 0 Å². The van der Waals surface area contributed by atoms with Crippen LogP contribution < -0.4 is 0 Å². The molecule has 2 bridgehead atoms. The Bertz CT molecular complexity index is 197. The zero-order valence-electron chi connectivity index (χ0n) is 11.1. The highest BCUT2D eigenvalue weighted by atomic mass is 15.4. The molecule has 2 saturated heterocycles. The van der Waals surface area contributed by atoms with Gasteiger partial charge in [0.15, 0.2) is 0 Å². The van der Waals surface area contributed by atoms with Crippen LogP contribution in [0.4, 0.5) is 0 Å². The summed E-state index contributed by atoms with van der Waals surface area (Å²) >= 11 is 0. The zero-order chi connectivity index (χ0) is 11.1. The van der Waals surface area contributed by atoms with Gasteiger partial charge in [-0.1, -0.05) is 13.8 Å². The molecule has 1 heteroatoms. The molecule has 0 unspecified atom stereocenters. The Labute approximate surface area is 95.4 Å². The van der Waals surface area contributed by atoms with E-state index in [2.05, 4.69) is 27.7 Å². The number of rotatable bonds is 2. The Kier molecular flexibility index (Phi) is 2.87. The lowest BCUT2D eigenvalue weighted by Gasteiger charge is -2.57. The average molecular weight is 210 g/mol. The first-order valence-electron chi connectivity index (χ1n) is 6.87. The average Bonchev–Trinajstić information content (AvgIpc) is 2.17. The van der Waals surface area contributed by atoms with E-state index in [1.165, 1.54) is 49.8 Å². The Hall–Kier alpha value is -0.0400. The standard InChI is InChI=1S/C14H28N/c1-12(2)14-7-5-9-15(11-14,13(3)4)10-6-8-14/h12-13H,5-11H2,1-4H3/q+1. The molecule has 2 fully saturated rings. The topological polar surface area (TPSA) is 0 Å². The molecule has 0 radical (unpaired) electrons. The number of nitrogens with zero attached hydrogens (tertiary/aromatic N) is 1. The van der Waals surface area contributed by atoms with E-state index in [1.807, 2.05) is 0 Å². The van der Waals surface area contributed by atoms with Crippen molar-refractivity contribution in [3.8, 4) is 0 Å². The summed E-state index contributed by atoms with van der Waals surface area (Å²) in [4.78, 5) is 0. The minimum absolute atomic E-state index is 0.695. The second kappa shape index (κ2) is 3.76. The van der Waals surface area contributed by atoms with E-state index >= 15 is 0 Å². The normalized spacial score (nSPS) is 41.2. The third kappa shape index (κ3) is 1.73. The van der Waals surface area contributed by atoms with Crippen LogP contribution in [0, 0.1) is 11.3 Å². The van der Waals surface area contributed by atoms with Gasteiger partial charge in [0, 0.05) is 5.41 Å². The van der Waals surface area contributed by atoms with Gasteiger partial charge in [-0.15, -0.1) is 0 Å². The second-order valence-corrected chi connectivity index (χ2v) is 6.64. The van der Waals surface area contributed by atoms with Crippen molar-refractivity contribution in [2.24, 2.45) is 11.3 Å². The molecule has 88 valence electrons. The van der Waals surface area contributed by atoms with Crippen molar-refractivity contribution in [2.45, 2.75) is 59.4 Å². The molecule has 0 atom stereocenters. The van der Waals surface area contributed by atoms with E-state index in [1.54, 1.807) is 0 Å². The molecule has 1 nitrogen and oxygen atoms in total. The maximum Gasteiger partial charge on any atom is 0.0848 e. The Balaban J connectivity index is 2.24. The van der Waals surface area contributed by atoms with E-state index in [0.717, 1.165) is 12.0 Å². The van der Waals surface area contributed by atoms with Crippen LogP contribution in [0.5, 0.6) is 0 Å². The molecule has 0 N–H and O–H groups in total. The molecule has 2 rings (SSSR count). The predicted octanol–water partition coefficient (Wildman–Crippen LogP) is 3.44. The lowest BCUT2D eigenvalue weighted by Crippen LogP contribution is -2.65. The predicted molar refractivity (Wildman–Crippen MR) is 65.7 cm³/mol. The summed E-state index contributed by atoms with van der Waals surface area (Å²) in [7, 11) is 0. The fourth-order valence-electron chi connectivity index (χ4n) is 4.13. The summed E-state index contributed by atoms with van der Waals surface area (Å²) in [6.07, 6.45) is 5.93. The van der Waals surface area contributed by atoms with Crippen LogP contribution in [0.15, 0.2) is 0 Å². The molecule has 0 aromatic heterocycles. The van der Waals surface area contributed by atoms with Gasteiger partial charge in [-0.2, -0.15) is 0 Å². The number of hydrogen-bond acceptors (Lipinski definition) is 0. The van der Waals surface area contributed by atoms with Crippen LogP contribution in [-0.4, -0.2) is 30.2 Å². The largest absolute Gasteiger partial charge is 0.321 e. The zero-order valence-corrected chi connectivity index (χ0v) is 11.1. The van der Waals surface area contributed by atoms with Crippen LogP contribution in [0.25, 0.3) is 0 Å². The Morgan fingerprint density at radius 2 is 1.47 bits per heavy atom. The molecule has 2 heterocycles. The number of fused-ring (bicyclic) bond motifs is 2. The first-order chi connectivity index (χ1) is 7.01. The quantitative estimate of drug-likeness (QED) is 0.612. The summed E-state index contributed by atoms with van der Waals surface area (Å²) in [6.45, 7) is 14.1. The minimum Gasteiger partial charge on any atom is -0.321 e. The molecule has 0 amide bonds. The minimum atomic E-state index is 0.695. The molecule has 0 aromatic rings. The van der Waals surface area contributed by atoms with Crippen molar-refractivity contribution < 1.29 is 4.48 Å². The maximum atomic E-state index is 2.45. The molecular weight excluding hydrogens is 182 g/mol. The number of hydrogen-bond donors (Lipinski definition) is 0. The van der Waals surface area contributed by atoms with E-state index in [4.69, 9.17) is 0 Å². The van der Waals surface area contributed by atoms with Gasteiger partial charge in [0.25, 0.3) is 0 Å². The van der Waals surface area contributed by atoms with Crippen LogP contribution in [0.2, 0.25) is 0 Å². The van der Waals surface area contributed by atoms with Crippen molar-refractivity contribution in [1.82, 2.24) is 0 Å². The van der Waals surface area contributed by atoms with Gasteiger partial charge < -0.3 is 4.48 Å². The second-order valence-electron chi connectivity index (χ2n) is 6.64. The van der Waals surface area contributed by atoms with Crippen LogP contribution in [0.3, 0.4) is 0 Å². The molecular formula is C14H28N+. The third-order valence-corrected chi connectivity index (χ3v) is 5.51. The van der Waals surface area contributed by atoms with Gasteiger partial charge in [-0.25, -0.2) is 0 Å². The lowest BCUT2D eigenvalue weighted by molar-refractivity contribution is -0.964. The van der Waals surface area contributed by atoms with Crippen molar-refractivity contribution in [1.29, 1.82) is 0 Å². The SMILES string of the molecule is CC(C)C12CCC[N+](C(C)C)(CCC1)C2. The van der Waals surface area contributed by atoms with Crippen molar-refractivity contribution >= 4 is 0 Å². The lowest BCUT2D eigenvalue weighted by atomic mass is 9.65. The monoisotopic (exact) mass is 210 g/mol. The van der Waals surface area contributed by atoms with Crippen molar-refractivity contribution in [3.05, 3.63) is 0 Å². The van der Waals surface area contributed by atoms with Gasteiger partial charge in [0.1, 0.15) is 0 Å². The van der Waals surface area contributed by atoms with Gasteiger partial charge in [0.05, 0.1) is 25.7 Å². The maximum absolute atomic E-state index is 2.45. The smallest absolute Gasteiger partial charge is 0.0848 e. The molecule has 0 saturated carbocycles. The van der Waals surface area contributed by atoms with E-state index in [9.17, 15) is 0 Å². The fraction of sp³-hybridized carbons (Fsp3) is 1.00. The van der Waals surface area contributed by atoms with E-state index < -0.39 is 0 Å². The molecule has 15 heavy (non-hydrogen) atoms.